The molecule has 1 rings (SSSR count). The number of hydrogen-bond acceptors (Lipinski definition) is 3. The summed E-state index contributed by atoms with van der Waals surface area (Å²) in [4.78, 5) is 1.11. The first-order chi connectivity index (χ1) is 6.33. The summed E-state index contributed by atoms with van der Waals surface area (Å²) in [6, 6.07) is 5.90. The Bertz CT molecular complexity index is 251. The van der Waals surface area contributed by atoms with Gasteiger partial charge in [-0.1, -0.05) is 6.07 Å². The van der Waals surface area contributed by atoms with Gasteiger partial charge in [0.25, 0.3) is 0 Å². The van der Waals surface area contributed by atoms with Crippen molar-refractivity contribution in [2.24, 2.45) is 0 Å². The average molecular weight is 198 g/mol. The van der Waals surface area contributed by atoms with Crippen LogP contribution >= 0.6 is 11.8 Å². The van der Waals surface area contributed by atoms with Gasteiger partial charge < -0.3 is 9.47 Å². The highest BCUT2D eigenvalue weighted by Crippen LogP contribution is 2.36. The highest BCUT2D eigenvalue weighted by molar-refractivity contribution is 7.98. The van der Waals surface area contributed by atoms with E-state index in [4.69, 9.17) is 9.47 Å². The Kier molecular flexibility index (Phi) is 3.96. The fraction of sp³-hybridized carbons (Fsp3) is 0.400. The predicted molar refractivity (Wildman–Crippen MR) is 55.9 cm³/mol. The molecule has 0 spiro atoms. The molecule has 0 radical (unpaired) electrons. The Balaban J connectivity index is 3.05. The summed E-state index contributed by atoms with van der Waals surface area (Å²) >= 11 is 1.66. The van der Waals surface area contributed by atoms with Gasteiger partial charge in [0, 0.05) is 0 Å². The number of rotatable bonds is 4. The minimum atomic E-state index is 0.661. The number of ether oxygens (including phenoxy) is 2. The molecule has 1 aromatic rings. The summed E-state index contributed by atoms with van der Waals surface area (Å²) < 4.78 is 10.7. The van der Waals surface area contributed by atoms with E-state index < -0.39 is 0 Å². The highest BCUT2D eigenvalue weighted by Gasteiger charge is 2.08. The molecule has 72 valence electrons. The molecule has 1 aromatic carbocycles. The first-order valence-electron chi connectivity index (χ1n) is 4.17. The zero-order valence-corrected chi connectivity index (χ0v) is 8.98. The Hall–Kier alpha value is -0.830. The number of benzene rings is 1. The summed E-state index contributed by atoms with van der Waals surface area (Å²) in [7, 11) is 1.65. The van der Waals surface area contributed by atoms with E-state index in [1.807, 2.05) is 31.4 Å². The maximum atomic E-state index is 5.50. The van der Waals surface area contributed by atoms with Gasteiger partial charge in [-0.2, -0.15) is 0 Å². The molecule has 0 fully saturated rings. The normalized spacial score (nSPS) is 9.77. The van der Waals surface area contributed by atoms with Crippen molar-refractivity contribution >= 4 is 11.8 Å². The van der Waals surface area contributed by atoms with E-state index in [0.717, 1.165) is 16.4 Å². The molecule has 2 nitrogen and oxygen atoms in total. The first kappa shape index (κ1) is 10.3. The van der Waals surface area contributed by atoms with Gasteiger partial charge in [-0.05, 0) is 25.3 Å². The van der Waals surface area contributed by atoms with Crippen LogP contribution in [0.15, 0.2) is 23.1 Å². The zero-order chi connectivity index (χ0) is 9.68. The second kappa shape index (κ2) is 5.02. The molecule has 0 amide bonds. The number of thioether (sulfide) groups is 1. The molecular formula is C10H14O2S. The van der Waals surface area contributed by atoms with Crippen LogP contribution in [0.25, 0.3) is 0 Å². The Labute approximate surface area is 83.2 Å². The lowest BCUT2D eigenvalue weighted by molar-refractivity contribution is 0.303. The molecule has 13 heavy (non-hydrogen) atoms. The van der Waals surface area contributed by atoms with Gasteiger partial charge in [0.05, 0.1) is 18.6 Å². The topological polar surface area (TPSA) is 18.5 Å². The maximum absolute atomic E-state index is 5.50. The maximum Gasteiger partial charge on any atom is 0.174 e. The van der Waals surface area contributed by atoms with Crippen molar-refractivity contribution in [3.63, 3.8) is 0 Å². The Morgan fingerprint density at radius 3 is 2.69 bits per heavy atom. The predicted octanol–water partition coefficient (Wildman–Crippen LogP) is 2.82. The molecule has 0 bridgehead atoms. The minimum Gasteiger partial charge on any atom is -0.493 e. The molecule has 0 heterocycles. The van der Waals surface area contributed by atoms with Crippen LogP contribution in [0.1, 0.15) is 6.92 Å². The second-order valence-electron chi connectivity index (χ2n) is 2.42. The molecule has 0 aromatic heterocycles. The second-order valence-corrected chi connectivity index (χ2v) is 3.27. The lowest BCUT2D eigenvalue weighted by Gasteiger charge is -2.11. The van der Waals surface area contributed by atoms with E-state index in [1.165, 1.54) is 0 Å². The first-order valence-corrected chi connectivity index (χ1v) is 5.39. The van der Waals surface area contributed by atoms with Crippen LogP contribution in [0.5, 0.6) is 11.5 Å². The van der Waals surface area contributed by atoms with Crippen molar-refractivity contribution in [2.45, 2.75) is 11.8 Å². The number of methoxy groups -OCH3 is 1. The smallest absolute Gasteiger partial charge is 0.174 e. The SMILES string of the molecule is CCOc1c(OC)cccc1SC. The lowest BCUT2D eigenvalue weighted by Crippen LogP contribution is -1.96. The Morgan fingerprint density at radius 1 is 1.38 bits per heavy atom. The van der Waals surface area contributed by atoms with Crippen LogP contribution in [0, 0.1) is 0 Å². The standard InChI is InChI=1S/C10H14O2S/c1-4-12-10-8(11-2)6-5-7-9(10)13-3/h5-7H,4H2,1-3H3. The van der Waals surface area contributed by atoms with E-state index in [9.17, 15) is 0 Å². The van der Waals surface area contributed by atoms with E-state index in [0.29, 0.717) is 6.61 Å². The molecule has 0 saturated carbocycles. The van der Waals surface area contributed by atoms with E-state index in [-0.39, 0.29) is 0 Å². The van der Waals surface area contributed by atoms with Crippen LogP contribution in [0.4, 0.5) is 0 Å². The van der Waals surface area contributed by atoms with E-state index in [1.54, 1.807) is 18.9 Å². The van der Waals surface area contributed by atoms with Crippen molar-refractivity contribution < 1.29 is 9.47 Å². The minimum absolute atomic E-state index is 0.661. The third kappa shape index (κ3) is 2.31. The summed E-state index contributed by atoms with van der Waals surface area (Å²) in [6.07, 6.45) is 2.03. The molecule has 0 aliphatic rings. The van der Waals surface area contributed by atoms with Crippen molar-refractivity contribution in [3.8, 4) is 11.5 Å². The van der Waals surface area contributed by atoms with Crippen LogP contribution in [-0.4, -0.2) is 20.0 Å². The molecule has 0 saturated heterocycles. The summed E-state index contributed by atoms with van der Waals surface area (Å²) in [5, 5.41) is 0. The molecule has 3 heteroatoms. The molecule has 0 N–H and O–H groups in total. The molecular weight excluding hydrogens is 184 g/mol. The summed E-state index contributed by atoms with van der Waals surface area (Å²) in [5.74, 6) is 1.65. The van der Waals surface area contributed by atoms with E-state index in [2.05, 4.69) is 0 Å². The number of para-hydroxylation sites is 1. The average Bonchev–Trinajstić information content (AvgIpc) is 2.18. The molecule has 0 aliphatic carbocycles. The van der Waals surface area contributed by atoms with Crippen LogP contribution in [0.3, 0.4) is 0 Å². The van der Waals surface area contributed by atoms with E-state index >= 15 is 0 Å². The van der Waals surface area contributed by atoms with Gasteiger partial charge in [-0.15, -0.1) is 11.8 Å². The van der Waals surface area contributed by atoms with Crippen molar-refractivity contribution in [3.05, 3.63) is 18.2 Å². The quantitative estimate of drug-likeness (QED) is 0.693. The molecule has 0 unspecified atom stereocenters. The monoisotopic (exact) mass is 198 g/mol. The van der Waals surface area contributed by atoms with Crippen molar-refractivity contribution in [1.29, 1.82) is 0 Å². The van der Waals surface area contributed by atoms with Gasteiger partial charge in [0.1, 0.15) is 0 Å². The van der Waals surface area contributed by atoms with Gasteiger partial charge in [0.2, 0.25) is 0 Å². The van der Waals surface area contributed by atoms with Crippen LogP contribution < -0.4 is 9.47 Å². The van der Waals surface area contributed by atoms with Crippen LogP contribution in [-0.2, 0) is 0 Å². The highest BCUT2D eigenvalue weighted by atomic mass is 32.2. The van der Waals surface area contributed by atoms with Crippen molar-refractivity contribution in [2.75, 3.05) is 20.0 Å². The van der Waals surface area contributed by atoms with Gasteiger partial charge >= 0.3 is 0 Å². The Morgan fingerprint density at radius 2 is 2.15 bits per heavy atom. The summed E-state index contributed by atoms with van der Waals surface area (Å²) in [5.41, 5.74) is 0. The van der Waals surface area contributed by atoms with Crippen molar-refractivity contribution in [1.82, 2.24) is 0 Å². The van der Waals surface area contributed by atoms with Gasteiger partial charge in [0.15, 0.2) is 11.5 Å². The fourth-order valence-corrected chi connectivity index (χ4v) is 1.66. The lowest BCUT2D eigenvalue weighted by atomic mass is 10.3. The zero-order valence-electron chi connectivity index (χ0n) is 8.16. The van der Waals surface area contributed by atoms with Crippen LogP contribution in [0.2, 0.25) is 0 Å². The summed E-state index contributed by atoms with van der Waals surface area (Å²) in [6.45, 7) is 2.63. The molecule has 0 atom stereocenters. The van der Waals surface area contributed by atoms with Gasteiger partial charge in [-0.3, -0.25) is 0 Å². The third-order valence-electron chi connectivity index (χ3n) is 1.67. The molecule has 0 aliphatic heterocycles. The third-order valence-corrected chi connectivity index (χ3v) is 2.43. The van der Waals surface area contributed by atoms with Gasteiger partial charge in [-0.25, -0.2) is 0 Å². The largest absolute Gasteiger partial charge is 0.493 e. The fourth-order valence-electron chi connectivity index (χ4n) is 1.10. The number of hydrogen-bond donors (Lipinski definition) is 0.